The molecule has 0 spiro atoms. The molecule has 1 aliphatic heterocycles. The predicted molar refractivity (Wildman–Crippen MR) is 56.2 cm³/mol. The van der Waals surface area contributed by atoms with Crippen LogP contribution in [0.2, 0.25) is 0 Å². The number of carbonyl (C=O) groups is 2. The number of rotatable bonds is 1. The van der Waals surface area contributed by atoms with Gasteiger partial charge in [0.2, 0.25) is 5.91 Å². The van der Waals surface area contributed by atoms with Gasteiger partial charge < -0.3 is 4.90 Å². The van der Waals surface area contributed by atoms with Crippen LogP contribution in [-0.2, 0) is 4.79 Å². The summed E-state index contributed by atoms with van der Waals surface area (Å²) in [6.07, 6.45) is 3.30. The lowest BCUT2D eigenvalue weighted by Crippen LogP contribution is -2.42. The topological polar surface area (TPSA) is 49.4 Å². The van der Waals surface area contributed by atoms with E-state index >= 15 is 0 Å². The largest absolute Gasteiger partial charge is 0.324 e. The van der Waals surface area contributed by atoms with Crippen LogP contribution in [0.4, 0.5) is 4.79 Å². The molecule has 0 radical (unpaired) electrons. The first-order valence-electron chi connectivity index (χ1n) is 5.66. The molecule has 1 heterocycles. The van der Waals surface area contributed by atoms with Crippen LogP contribution in [0.1, 0.15) is 33.1 Å². The second kappa shape index (κ2) is 3.83. The summed E-state index contributed by atoms with van der Waals surface area (Å²) in [7, 11) is 0. The Labute approximate surface area is 90.0 Å². The van der Waals surface area contributed by atoms with Gasteiger partial charge in [0.1, 0.15) is 6.54 Å². The predicted octanol–water partition coefficient (Wildman–Crippen LogP) is 1.36. The molecular formula is C11H18N2O2. The highest BCUT2D eigenvalue weighted by atomic mass is 16.2. The van der Waals surface area contributed by atoms with Gasteiger partial charge in [-0.15, -0.1) is 0 Å². The van der Waals surface area contributed by atoms with Gasteiger partial charge in [-0.25, -0.2) is 4.79 Å². The summed E-state index contributed by atoms with van der Waals surface area (Å²) in [5, 5.41) is 2.34. The molecule has 0 aromatic rings. The minimum Gasteiger partial charge on any atom is -0.312 e. The van der Waals surface area contributed by atoms with Crippen molar-refractivity contribution in [2.75, 3.05) is 6.54 Å². The van der Waals surface area contributed by atoms with Crippen LogP contribution in [-0.4, -0.2) is 29.4 Å². The van der Waals surface area contributed by atoms with Crippen molar-refractivity contribution in [2.24, 2.45) is 11.8 Å². The zero-order chi connectivity index (χ0) is 11.0. The van der Waals surface area contributed by atoms with E-state index in [0.717, 1.165) is 12.8 Å². The molecule has 0 bridgehead atoms. The number of hydrogen-bond donors (Lipinski definition) is 1. The normalized spacial score (nSPS) is 36.9. The number of carbonyl (C=O) groups excluding carboxylic acids is 2. The van der Waals surface area contributed by atoms with Gasteiger partial charge in [0.15, 0.2) is 0 Å². The van der Waals surface area contributed by atoms with Gasteiger partial charge in [0.25, 0.3) is 0 Å². The van der Waals surface area contributed by atoms with Crippen molar-refractivity contribution in [1.82, 2.24) is 10.2 Å². The van der Waals surface area contributed by atoms with Gasteiger partial charge in [0.05, 0.1) is 0 Å². The average molecular weight is 210 g/mol. The number of amides is 3. The van der Waals surface area contributed by atoms with Crippen molar-refractivity contribution in [3.8, 4) is 0 Å². The highest BCUT2D eigenvalue weighted by Crippen LogP contribution is 2.32. The van der Waals surface area contributed by atoms with E-state index in [1.54, 1.807) is 4.90 Å². The Morgan fingerprint density at radius 1 is 1.13 bits per heavy atom. The Kier molecular flexibility index (Phi) is 2.67. The standard InChI is InChI=1S/C11H18N2O2/c1-7-3-8(2)5-9(4-7)13-6-10(14)12-11(13)15/h7-9H,3-6H2,1-2H3,(H,12,14,15). The molecular weight excluding hydrogens is 192 g/mol. The lowest BCUT2D eigenvalue weighted by atomic mass is 9.80. The first-order valence-corrected chi connectivity index (χ1v) is 5.66. The van der Waals surface area contributed by atoms with Crippen LogP contribution in [0.5, 0.6) is 0 Å². The number of nitrogens with one attached hydrogen (secondary N) is 1. The second-order valence-corrected chi connectivity index (χ2v) is 5.05. The summed E-state index contributed by atoms with van der Waals surface area (Å²) >= 11 is 0. The molecule has 1 aliphatic carbocycles. The molecule has 0 aromatic heterocycles. The first-order chi connectivity index (χ1) is 7.06. The van der Waals surface area contributed by atoms with Crippen LogP contribution in [0.15, 0.2) is 0 Å². The Bertz CT molecular complexity index is 280. The van der Waals surface area contributed by atoms with Crippen molar-refractivity contribution in [2.45, 2.75) is 39.2 Å². The summed E-state index contributed by atoms with van der Waals surface area (Å²) in [4.78, 5) is 24.3. The van der Waals surface area contributed by atoms with E-state index in [2.05, 4.69) is 19.2 Å². The third-order valence-corrected chi connectivity index (χ3v) is 3.42. The fraction of sp³-hybridized carbons (Fsp3) is 0.818. The monoisotopic (exact) mass is 210 g/mol. The minimum atomic E-state index is -0.202. The van der Waals surface area contributed by atoms with Crippen molar-refractivity contribution in [3.63, 3.8) is 0 Å². The molecule has 1 saturated carbocycles. The van der Waals surface area contributed by atoms with E-state index in [1.807, 2.05) is 0 Å². The van der Waals surface area contributed by atoms with E-state index in [9.17, 15) is 9.59 Å². The Morgan fingerprint density at radius 3 is 2.20 bits per heavy atom. The summed E-state index contributed by atoms with van der Waals surface area (Å²) in [5.74, 6) is 1.15. The zero-order valence-corrected chi connectivity index (χ0v) is 9.32. The molecule has 1 saturated heterocycles. The summed E-state index contributed by atoms with van der Waals surface area (Å²) in [6.45, 7) is 4.69. The number of hydrogen-bond acceptors (Lipinski definition) is 2. The Morgan fingerprint density at radius 2 is 1.73 bits per heavy atom. The zero-order valence-electron chi connectivity index (χ0n) is 9.32. The Hall–Kier alpha value is -1.06. The van der Waals surface area contributed by atoms with E-state index < -0.39 is 0 Å². The van der Waals surface area contributed by atoms with Crippen molar-refractivity contribution < 1.29 is 9.59 Å². The maximum atomic E-state index is 11.5. The van der Waals surface area contributed by atoms with Gasteiger partial charge in [-0.05, 0) is 31.1 Å². The SMILES string of the molecule is CC1CC(C)CC(N2CC(=O)NC2=O)C1. The fourth-order valence-electron chi connectivity index (χ4n) is 2.91. The van der Waals surface area contributed by atoms with Crippen molar-refractivity contribution >= 4 is 11.9 Å². The maximum absolute atomic E-state index is 11.5. The maximum Gasteiger partial charge on any atom is 0.324 e. The van der Waals surface area contributed by atoms with Crippen LogP contribution in [0.25, 0.3) is 0 Å². The Balaban J connectivity index is 2.03. The molecule has 2 atom stereocenters. The minimum absolute atomic E-state index is 0.161. The third kappa shape index (κ3) is 2.13. The van der Waals surface area contributed by atoms with Crippen molar-refractivity contribution in [3.05, 3.63) is 0 Å². The third-order valence-electron chi connectivity index (χ3n) is 3.42. The summed E-state index contributed by atoms with van der Waals surface area (Å²) in [5.41, 5.74) is 0. The van der Waals surface area contributed by atoms with Crippen LogP contribution in [0, 0.1) is 11.8 Å². The number of imide groups is 1. The van der Waals surface area contributed by atoms with Gasteiger partial charge in [-0.2, -0.15) is 0 Å². The lowest BCUT2D eigenvalue weighted by molar-refractivity contribution is -0.118. The molecule has 3 amide bonds. The second-order valence-electron chi connectivity index (χ2n) is 5.05. The molecule has 4 heteroatoms. The van der Waals surface area contributed by atoms with E-state index in [1.165, 1.54) is 6.42 Å². The molecule has 2 aliphatic rings. The number of urea groups is 1. The number of nitrogens with zero attached hydrogens (tertiary/aromatic N) is 1. The van der Waals surface area contributed by atoms with E-state index in [-0.39, 0.29) is 24.5 Å². The molecule has 15 heavy (non-hydrogen) atoms. The van der Waals surface area contributed by atoms with Gasteiger partial charge in [-0.1, -0.05) is 13.8 Å². The van der Waals surface area contributed by atoms with Gasteiger partial charge in [-0.3, -0.25) is 10.1 Å². The fourth-order valence-corrected chi connectivity index (χ4v) is 2.91. The smallest absolute Gasteiger partial charge is 0.312 e. The van der Waals surface area contributed by atoms with E-state index in [4.69, 9.17) is 0 Å². The highest BCUT2D eigenvalue weighted by molar-refractivity contribution is 6.02. The van der Waals surface area contributed by atoms with E-state index in [0.29, 0.717) is 11.8 Å². The van der Waals surface area contributed by atoms with Crippen molar-refractivity contribution in [1.29, 1.82) is 0 Å². The molecule has 1 N–H and O–H groups in total. The quantitative estimate of drug-likeness (QED) is 0.664. The lowest BCUT2D eigenvalue weighted by Gasteiger charge is -2.36. The summed E-state index contributed by atoms with van der Waals surface area (Å²) in [6, 6.07) is 0.0569. The highest BCUT2D eigenvalue weighted by Gasteiger charge is 2.36. The van der Waals surface area contributed by atoms with Crippen LogP contribution in [0.3, 0.4) is 0 Å². The first kappa shape index (κ1) is 10.5. The molecule has 2 fully saturated rings. The van der Waals surface area contributed by atoms with Crippen LogP contribution >= 0.6 is 0 Å². The molecule has 84 valence electrons. The summed E-state index contributed by atoms with van der Waals surface area (Å²) < 4.78 is 0. The molecule has 2 unspecified atom stereocenters. The van der Waals surface area contributed by atoms with Crippen LogP contribution < -0.4 is 5.32 Å². The van der Waals surface area contributed by atoms with Gasteiger partial charge in [0, 0.05) is 6.04 Å². The van der Waals surface area contributed by atoms with Gasteiger partial charge >= 0.3 is 6.03 Å². The average Bonchev–Trinajstić information content (AvgIpc) is 2.43. The molecule has 4 nitrogen and oxygen atoms in total. The molecule has 2 rings (SSSR count). The molecule has 0 aromatic carbocycles.